The number of ether oxygens (including phenoxy) is 1. The van der Waals surface area contributed by atoms with E-state index < -0.39 is 5.97 Å². The number of aromatic carboxylic acids is 1. The molecule has 1 fully saturated rings. The van der Waals surface area contributed by atoms with Crippen LogP contribution in [0.1, 0.15) is 22.0 Å². The van der Waals surface area contributed by atoms with Crippen LogP contribution in [-0.4, -0.2) is 50.3 Å². The van der Waals surface area contributed by atoms with Gasteiger partial charge in [-0.05, 0) is 23.8 Å². The number of carboxylic acid groups (broad SMARTS) is 1. The SMILES string of the molecule is Cn1c(N2CCO[C@@H](c3ccc(C(=O)O)cc3)C2)nc(-c2ccncn2)cc1=O. The molecule has 1 aliphatic heterocycles. The third-order valence-electron chi connectivity index (χ3n) is 4.83. The average Bonchev–Trinajstić information content (AvgIpc) is 2.76. The second-order valence-corrected chi connectivity index (χ2v) is 6.67. The number of hydrogen-bond donors (Lipinski definition) is 1. The lowest BCUT2D eigenvalue weighted by Crippen LogP contribution is -2.41. The number of carbonyl (C=O) groups is 1. The summed E-state index contributed by atoms with van der Waals surface area (Å²) in [7, 11) is 1.68. The zero-order chi connectivity index (χ0) is 20.4. The van der Waals surface area contributed by atoms with Crippen molar-refractivity contribution in [3.05, 3.63) is 70.4 Å². The van der Waals surface area contributed by atoms with Crippen LogP contribution in [0.2, 0.25) is 0 Å². The van der Waals surface area contributed by atoms with Crippen molar-refractivity contribution in [2.24, 2.45) is 7.05 Å². The van der Waals surface area contributed by atoms with Crippen LogP contribution in [0, 0.1) is 0 Å². The van der Waals surface area contributed by atoms with Crippen LogP contribution in [0.15, 0.2) is 53.7 Å². The molecule has 0 radical (unpaired) electrons. The number of nitrogens with zero attached hydrogens (tertiary/aromatic N) is 5. The van der Waals surface area contributed by atoms with Gasteiger partial charge in [-0.3, -0.25) is 9.36 Å². The van der Waals surface area contributed by atoms with Gasteiger partial charge in [0.1, 0.15) is 12.4 Å². The third-order valence-corrected chi connectivity index (χ3v) is 4.83. The van der Waals surface area contributed by atoms with Gasteiger partial charge in [-0.2, -0.15) is 0 Å². The number of morpholine rings is 1. The predicted octanol–water partition coefficient (Wildman–Crippen LogP) is 1.51. The Morgan fingerprint density at radius 2 is 2.00 bits per heavy atom. The Morgan fingerprint density at radius 1 is 1.21 bits per heavy atom. The Kier molecular flexibility index (Phi) is 5.05. The fraction of sp³-hybridized carbons (Fsp3) is 0.250. The summed E-state index contributed by atoms with van der Waals surface area (Å²) in [6, 6.07) is 9.78. The zero-order valence-electron chi connectivity index (χ0n) is 15.7. The number of benzene rings is 1. The molecule has 29 heavy (non-hydrogen) atoms. The maximum absolute atomic E-state index is 12.5. The first-order valence-electron chi connectivity index (χ1n) is 9.07. The summed E-state index contributed by atoms with van der Waals surface area (Å²) in [4.78, 5) is 38.3. The standard InChI is InChI=1S/C20H19N5O4/c1-24-18(26)10-16(15-6-7-21-12-22-15)23-20(24)25-8-9-29-17(11-25)13-2-4-14(5-3-13)19(27)28/h2-7,10,12,17H,8-9,11H2,1H3,(H,27,28)/t17-/m1/s1. The number of rotatable bonds is 4. The second kappa shape index (κ2) is 7.80. The van der Waals surface area contributed by atoms with Crippen molar-refractivity contribution >= 4 is 11.9 Å². The number of aromatic nitrogens is 4. The summed E-state index contributed by atoms with van der Waals surface area (Å²) < 4.78 is 7.38. The normalized spacial score (nSPS) is 16.6. The largest absolute Gasteiger partial charge is 0.478 e. The Bertz CT molecular complexity index is 1080. The molecule has 1 saturated heterocycles. The molecule has 3 heterocycles. The maximum atomic E-state index is 12.5. The highest BCUT2D eigenvalue weighted by Gasteiger charge is 2.25. The molecule has 0 saturated carbocycles. The van der Waals surface area contributed by atoms with Gasteiger partial charge < -0.3 is 14.7 Å². The van der Waals surface area contributed by atoms with E-state index in [4.69, 9.17) is 9.84 Å². The van der Waals surface area contributed by atoms with E-state index in [1.807, 2.05) is 4.90 Å². The molecule has 148 valence electrons. The van der Waals surface area contributed by atoms with Gasteiger partial charge in [-0.1, -0.05) is 12.1 Å². The van der Waals surface area contributed by atoms with Crippen LogP contribution in [0.5, 0.6) is 0 Å². The molecule has 9 heteroatoms. The fourth-order valence-corrected chi connectivity index (χ4v) is 3.26. The Balaban J connectivity index is 1.63. The molecule has 1 atom stereocenters. The molecule has 3 aromatic rings. The highest BCUT2D eigenvalue weighted by Crippen LogP contribution is 2.26. The molecule has 0 bridgehead atoms. The van der Waals surface area contributed by atoms with E-state index in [-0.39, 0.29) is 17.2 Å². The quantitative estimate of drug-likeness (QED) is 0.710. The van der Waals surface area contributed by atoms with Crippen LogP contribution in [0.25, 0.3) is 11.4 Å². The molecular weight excluding hydrogens is 374 g/mol. The Hall–Kier alpha value is -3.59. The van der Waals surface area contributed by atoms with Gasteiger partial charge in [0, 0.05) is 25.9 Å². The van der Waals surface area contributed by atoms with E-state index >= 15 is 0 Å². The van der Waals surface area contributed by atoms with Gasteiger partial charge in [0.15, 0.2) is 0 Å². The molecule has 1 aromatic carbocycles. The average molecular weight is 393 g/mol. The predicted molar refractivity (Wildman–Crippen MR) is 105 cm³/mol. The van der Waals surface area contributed by atoms with E-state index in [9.17, 15) is 9.59 Å². The number of anilines is 1. The van der Waals surface area contributed by atoms with Crippen LogP contribution in [0.4, 0.5) is 5.95 Å². The van der Waals surface area contributed by atoms with Crippen LogP contribution in [0.3, 0.4) is 0 Å². The van der Waals surface area contributed by atoms with Gasteiger partial charge in [0.2, 0.25) is 5.95 Å². The summed E-state index contributed by atoms with van der Waals surface area (Å²) in [5, 5.41) is 9.06. The molecule has 2 aromatic heterocycles. The summed E-state index contributed by atoms with van der Waals surface area (Å²) in [6.07, 6.45) is 2.76. The minimum absolute atomic E-state index is 0.183. The molecule has 4 rings (SSSR count). The van der Waals surface area contributed by atoms with Crippen molar-refractivity contribution < 1.29 is 14.6 Å². The fourth-order valence-electron chi connectivity index (χ4n) is 3.26. The smallest absolute Gasteiger partial charge is 0.335 e. The minimum Gasteiger partial charge on any atom is -0.478 e. The first-order valence-corrected chi connectivity index (χ1v) is 9.07. The van der Waals surface area contributed by atoms with E-state index in [0.29, 0.717) is 37.0 Å². The van der Waals surface area contributed by atoms with Crippen LogP contribution in [-0.2, 0) is 11.8 Å². The summed E-state index contributed by atoms with van der Waals surface area (Å²) in [6.45, 7) is 1.52. The lowest BCUT2D eigenvalue weighted by Gasteiger charge is -2.34. The lowest BCUT2D eigenvalue weighted by atomic mass is 10.1. The first kappa shape index (κ1) is 18.8. The van der Waals surface area contributed by atoms with E-state index in [2.05, 4.69) is 15.0 Å². The molecular formula is C20H19N5O4. The van der Waals surface area contributed by atoms with E-state index in [0.717, 1.165) is 5.56 Å². The zero-order valence-corrected chi connectivity index (χ0v) is 15.7. The van der Waals surface area contributed by atoms with Gasteiger partial charge in [0.05, 0.1) is 30.1 Å². The Labute approximate surface area is 166 Å². The maximum Gasteiger partial charge on any atom is 0.335 e. The molecule has 9 nitrogen and oxygen atoms in total. The van der Waals surface area contributed by atoms with Crippen LogP contribution < -0.4 is 10.5 Å². The monoisotopic (exact) mass is 393 g/mol. The van der Waals surface area contributed by atoms with Gasteiger partial charge in [-0.25, -0.2) is 19.7 Å². The first-order chi connectivity index (χ1) is 14.0. The van der Waals surface area contributed by atoms with Gasteiger partial charge >= 0.3 is 5.97 Å². The van der Waals surface area contributed by atoms with Crippen molar-refractivity contribution in [1.29, 1.82) is 0 Å². The minimum atomic E-state index is -0.969. The highest BCUT2D eigenvalue weighted by atomic mass is 16.5. The van der Waals surface area contributed by atoms with Crippen molar-refractivity contribution in [2.75, 3.05) is 24.6 Å². The summed E-state index contributed by atoms with van der Waals surface area (Å²) in [5.74, 6) is -0.440. The third kappa shape index (κ3) is 3.85. The van der Waals surface area contributed by atoms with Crippen molar-refractivity contribution in [2.45, 2.75) is 6.10 Å². The van der Waals surface area contributed by atoms with Gasteiger partial charge in [0.25, 0.3) is 5.56 Å². The molecule has 0 amide bonds. The van der Waals surface area contributed by atoms with Crippen molar-refractivity contribution in [1.82, 2.24) is 19.5 Å². The molecule has 0 unspecified atom stereocenters. The molecule has 0 aliphatic carbocycles. The summed E-state index contributed by atoms with van der Waals surface area (Å²) >= 11 is 0. The Morgan fingerprint density at radius 3 is 2.69 bits per heavy atom. The molecule has 1 N–H and O–H groups in total. The lowest BCUT2D eigenvalue weighted by molar-refractivity contribution is 0.0389. The van der Waals surface area contributed by atoms with Gasteiger partial charge in [-0.15, -0.1) is 0 Å². The summed E-state index contributed by atoms with van der Waals surface area (Å²) in [5.41, 5.74) is 1.98. The van der Waals surface area contributed by atoms with Crippen molar-refractivity contribution in [3.63, 3.8) is 0 Å². The van der Waals surface area contributed by atoms with E-state index in [1.54, 1.807) is 43.6 Å². The number of hydrogen-bond acceptors (Lipinski definition) is 7. The molecule has 1 aliphatic rings. The number of carboxylic acids is 1. The van der Waals surface area contributed by atoms with Crippen LogP contribution >= 0.6 is 0 Å². The highest BCUT2D eigenvalue weighted by molar-refractivity contribution is 5.87. The van der Waals surface area contributed by atoms with Crippen molar-refractivity contribution in [3.8, 4) is 11.4 Å². The van der Waals surface area contributed by atoms with E-state index in [1.165, 1.54) is 17.0 Å². The topological polar surface area (TPSA) is 110 Å². The molecule has 0 spiro atoms. The second-order valence-electron chi connectivity index (χ2n) is 6.67.